The molecule has 0 radical (unpaired) electrons. The third kappa shape index (κ3) is 4.30. The molecule has 29 heavy (non-hydrogen) atoms. The van der Waals surface area contributed by atoms with Crippen LogP contribution in [0.5, 0.6) is 11.6 Å². The second kappa shape index (κ2) is 7.14. The van der Waals surface area contributed by atoms with Crippen molar-refractivity contribution < 1.29 is 35.8 Å². The van der Waals surface area contributed by atoms with E-state index in [4.69, 9.17) is 9.47 Å². The summed E-state index contributed by atoms with van der Waals surface area (Å²) in [7, 11) is 0. The Labute approximate surface area is 163 Å². The number of anilines is 1. The summed E-state index contributed by atoms with van der Waals surface area (Å²) < 4.78 is 91.7. The summed E-state index contributed by atoms with van der Waals surface area (Å²) in [6, 6.07) is 2.62. The van der Waals surface area contributed by atoms with Crippen molar-refractivity contribution in [3.63, 3.8) is 0 Å². The quantitative estimate of drug-likeness (QED) is 0.605. The summed E-state index contributed by atoms with van der Waals surface area (Å²) in [6.45, 7) is 5.04. The van der Waals surface area contributed by atoms with Crippen LogP contribution in [-0.4, -0.2) is 36.0 Å². The Morgan fingerprint density at radius 1 is 1.14 bits per heavy atom. The molecule has 1 aromatic heterocycles. The van der Waals surface area contributed by atoms with Crippen LogP contribution in [0, 0.1) is 0 Å². The minimum Gasteiger partial charge on any atom is -0.486 e. The zero-order chi connectivity index (χ0) is 21.7. The Kier molecular flexibility index (Phi) is 5.25. The van der Waals surface area contributed by atoms with Crippen molar-refractivity contribution in [2.24, 2.45) is 0 Å². The summed E-state index contributed by atoms with van der Waals surface area (Å²) in [5.41, 5.74) is -1.18. The van der Waals surface area contributed by atoms with Gasteiger partial charge in [0.25, 0.3) is 0 Å². The predicted octanol–water partition coefficient (Wildman–Crippen LogP) is 5.58. The van der Waals surface area contributed by atoms with E-state index in [2.05, 4.69) is 4.98 Å². The minimum absolute atomic E-state index is 0.0507. The second-order valence-corrected chi connectivity index (χ2v) is 7.29. The molecule has 0 bridgehead atoms. The number of benzene rings is 1. The first kappa shape index (κ1) is 21.3. The topological polar surface area (TPSA) is 34.6 Å². The van der Waals surface area contributed by atoms with Crippen LogP contribution in [0.4, 0.5) is 32.0 Å². The van der Waals surface area contributed by atoms with Gasteiger partial charge in [-0.1, -0.05) is 0 Å². The summed E-state index contributed by atoms with van der Waals surface area (Å²) in [5.74, 6) is -0.475. The smallest absolute Gasteiger partial charge is 0.417 e. The van der Waals surface area contributed by atoms with Crippen molar-refractivity contribution in [2.75, 3.05) is 11.4 Å². The van der Waals surface area contributed by atoms with Crippen LogP contribution in [0.2, 0.25) is 0 Å². The maximum atomic E-state index is 13.8. The molecule has 3 rings (SSSR count). The van der Waals surface area contributed by atoms with Gasteiger partial charge in [-0.05, 0) is 39.8 Å². The van der Waals surface area contributed by atoms with Crippen molar-refractivity contribution in [3.8, 4) is 11.6 Å². The number of fused-ring (bicyclic) bond motifs is 3. The number of hydrogen-bond acceptors (Lipinski definition) is 4. The highest BCUT2D eigenvalue weighted by Gasteiger charge is 2.41. The van der Waals surface area contributed by atoms with Gasteiger partial charge in [0.2, 0.25) is 5.88 Å². The Hall–Kier alpha value is -2.39. The molecule has 2 heterocycles. The minimum atomic E-state index is -4.78. The lowest BCUT2D eigenvalue weighted by Gasteiger charge is -2.41. The molecule has 0 saturated heterocycles. The molecule has 160 valence electrons. The van der Waals surface area contributed by atoms with Crippen LogP contribution < -0.4 is 14.4 Å². The van der Waals surface area contributed by atoms with Crippen molar-refractivity contribution in [2.45, 2.75) is 58.3 Å². The number of alkyl halides is 6. The molecule has 2 aromatic rings. The van der Waals surface area contributed by atoms with E-state index in [-0.39, 0.29) is 28.2 Å². The maximum Gasteiger partial charge on any atom is 0.417 e. The molecule has 2 unspecified atom stereocenters. The monoisotopic (exact) mass is 422 g/mol. The van der Waals surface area contributed by atoms with Crippen molar-refractivity contribution >= 4 is 16.6 Å². The average molecular weight is 422 g/mol. The van der Waals surface area contributed by atoms with Crippen LogP contribution in [0.3, 0.4) is 0 Å². The number of rotatable bonds is 3. The lowest BCUT2D eigenvalue weighted by Crippen LogP contribution is -2.50. The van der Waals surface area contributed by atoms with Crippen molar-refractivity contribution in [1.82, 2.24) is 4.98 Å². The summed E-state index contributed by atoms with van der Waals surface area (Å²) in [6.07, 6.45) is -10.5. The normalized spacial score (nSPS) is 20.0. The first-order valence-electron chi connectivity index (χ1n) is 8.99. The van der Waals surface area contributed by atoms with Gasteiger partial charge in [-0.25, -0.2) is 4.98 Å². The van der Waals surface area contributed by atoms with E-state index < -0.39 is 42.7 Å². The largest absolute Gasteiger partial charge is 0.486 e. The molecule has 1 aliphatic heterocycles. The summed E-state index contributed by atoms with van der Waals surface area (Å²) in [4.78, 5) is 5.11. The molecule has 0 N–H and O–H groups in total. The Morgan fingerprint density at radius 3 is 2.34 bits per heavy atom. The molecule has 10 heteroatoms. The Morgan fingerprint density at radius 2 is 1.79 bits per heavy atom. The number of halogens is 6. The van der Waals surface area contributed by atoms with Crippen LogP contribution in [0.1, 0.15) is 33.3 Å². The first-order valence-corrected chi connectivity index (χ1v) is 8.99. The van der Waals surface area contributed by atoms with Gasteiger partial charge in [-0.2, -0.15) is 26.3 Å². The average Bonchev–Trinajstić information content (AvgIpc) is 2.55. The van der Waals surface area contributed by atoms with Gasteiger partial charge in [-0.3, -0.25) is 0 Å². The predicted molar refractivity (Wildman–Crippen MR) is 95.5 cm³/mol. The molecule has 0 aliphatic carbocycles. The van der Waals surface area contributed by atoms with Crippen LogP contribution in [0.15, 0.2) is 18.2 Å². The molecule has 1 aromatic carbocycles. The number of aromatic nitrogens is 1. The number of hydrogen-bond donors (Lipinski definition) is 0. The van der Waals surface area contributed by atoms with E-state index in [0.29, 0.717) is 0 Å². The molecule has 0 saturated carbocycles. The Balaban J connectivity index is 2.28. The van der Waals surface area contributed by atoms with Gasteiger partial charge in [0.15, 0.2) is 5.75 Å². The van der Waals surface area contributed by atoms with Crippen molar-refractivity contribution in [3.05, 3.63) is 23.8 Å². The van der Waals surface area contributed by atoms with E-state index >= 15 is 0 Å². The zero-order valence-electron chi connectivity index (χ0n) is 16.1. The van der Waals surface area contributed by atoms with Crippen LogP contribution >= 0.6 is 0 Å². The van der Waals surface area contributed by atoms with E-state index in [9.17, 15) is 26.3 Å². The maximum absolute atomic E-state index is 13.8. The molecule has 4 nitrogen and oxygen atoms in total. The van der Waals surface area contributed by atoms with Gasteiger partial charge < -0.3 is 14.4 Å². The second-order valence-electron chi connectivity index (χ2n) is 7.29. The van der Waals surface area contributed by atoms with E-state index in [1.54, 1.807) is 13.8 Å². The van der Waals surface area contributed by atoms with E-state index in [0.717, 1.165) is 11.0 Å². The van der Waals surface area contributed by atoms with Gasteiger partial charge >= 0.3 is 12.4 Å². The number of ether oxygens (including phenoxy) is 2. The van der Waals surface area contributed by atoms with Gasteiger partial charge in [-0.15, -0.1) is 0 Å². The van der Waals surface area contributed by atoms with Gasteiger partial charge in [0.1, 0.15) is 12.6 Å². The highest BCUT2D eigenvalue weighted by molar-refractivity contribution is 5.95. The van der Waals surface area contributed by atoms with Crippen molar-refractivity contribution in [1.29, 1.82) is 0 Å². The first-order chi connectivity index (χ1) is 13.3. The third-order valence-electron chi connectivity index (χ3n) is 4.68. The number of pyridine rings is 1. The standard InChI is InChI=1S/C19H20F6N2O2/c1-9(2)28-15-7-12(19(23,24)25)16-13(26-15)5-6-14-17(16)29-11(4)10(3)27(14)8-18(20,21)22/h5-7,9-11H,8H2,1-4H3. The molecule has 1 aliphatic rings. The third-order valence-corrected chi connectivity index (χ3v) is 4.68. The Bertz CT molecular complexity index is 910. The lowest BCUT2D eigenvalue weighted by atomic mass is 10.0. The fourth-order valence-corrected chi connectivity index (χ4v) is 3.31. The lowest BCUT2D eigenvalue weighted by molar-refractivity contribution is -0.136. The highest BCUT2D eigenvalue weighted by Crippen LogP contribution is 2.47. The zero-order valence-corrected chi connectivity index (χ0v) is 16.1. The molecule has 2 atom stereocenters. The summed E-state index contributed by atoms with van der Waals surface area (Å²) >= 11 is 0. The fourth-order valence-electron chi connectivity index (χ4n) is 3.31. The van der Waals surface area contributed by atoms with Gasteiger partial charge in [0.05, 0.1) is 34.3 Å². The molecular weight excluding hydrogens is 402 g/mol. The summed E-state index contributed by atoms with van der Waals surface area (Å²) in [5, 5.41) is -0.378. The highest BCUT2D eigenvalue weighted by atomic mass is 19.4. The van der Waals surface area contributed by atoms with E-state index in [1.807, 2.05) is 0 Å². The molecule has 0 amide bonds. The fraction of sp³-hybridized carbons (Fsp3) is 0.526. The molecule has 0 fully saturated rings. The van der Waals surface area contributed by atoms with Crippen LogP contribution in [0.25, 0.3) is 10.9 Å². The molecule has 0 spiro atoms. The molecular formula is C19H20F6N2O2. The van der Waals surface area contributed by atoms with Gasteiger partial charge in [0, 0.05) is 6.07 Å². The van der Waals surface area contributed by atoms with E-state index in [1.165, 1.54) is 26.0 Å². The SMILES string of the molecule is CC(C)Oc1cc(C(F)(F)F)c2c3c(ccc2n1)N(CC(F)(F)F)C(C)C(C)O3. The van der Waals surface area contributed by atoms with Crippen LogP contribution in [-0.2, 0) is 6.18 Å². The number of nitrogens with zero attached hydrogens (tertiary/aromatic N) is 2.